The minimum Gasteiger partial charge on any atom is -0.348 e. The molecule has 0 aliphatic carbocycles. The van der Waals surface area contributed by atoms with Gasteiger partial charge in [-0.05, 0) is 75.2 Å². The number of nitrogens with one attached hydrogen (secondary N) is 1. The van der Waals surface area contributed by atoms with Gasteiger partial charge in [0.05, 0.1) is 16.6 Å². The molecule has 0 fully saturated rings. The third-order valence-corrected chi connectivity index (χ3v) is 7.60. The van der Waals surface area contributed by atoms with Crippen molar-refractivity contribution >= 4 is 37.5 Å². The van der Waals surface area contributed by atoms with Crippen LogP contribution < -0.4 is 9.62 Å². The summed E-state index contributed by atoms with van der Waals surface area (Å²) in [6, 6.07) is 19.3. The number of hydrogen-bond acceptors (Lipinski definition) is 3. The van der Waals surface area contributed by atoms with Crippen LogP contribution in [-0.2, 0) is 14.8 Å². The van der Waals surface area contributed by atoms with Crippen molar-refractivity contribution in [3.63, 3.8) is 0 Å². The SMILES string of the molecule is Cc1ccc(S(=O)(=O)N(CC(=O)NC(C)c2ccc(C)cc2C)c2ccc(Br)cc2)cc1. The molecule has 0 radical (unpaired) electrons. The number of carbonyl (C=O) groups excluding carboxylic acids is 1. The Morgan fingerprint density at radius 1 is 0.938 bits per heavy atom. The van der Waals surface area contributed by atoms with Crippen molar-refractivity contribution in [2.24, 2.45) is 0 Å². The van der Waals surface area contributed by atoms with Gasteiger partial charge in [-0.25, -0.2) is 8.42 Å². The third kappa shape index (κ3) is 5.58. The standard InChI is InChI=1S/C25H27BrN2O3S/c1-17-5-12-23(13-6-17)32(30,31)28(22-10-8-21(26)9-11-22)16-25(29)27-20(4)24-14-7-18(2)15-19(24)3/h5-15,20H,16H2,1-4H3,(H,27,29). The second kappa shape index (κ2) is 9.88. The lowest BCUT2D eigenvalue weighted by atomic mass is 10.0. The first-order chi connectivity index (χ1) is 15.1. The van der Waals surface area contributed by atoms with Crippen LogP contribution in [0.15, 0.2) is 76.1 Å². The van der Waals surface area contributed by atoms with E-state index in [1.54, 1.807) is 48.5 Å². The molecule has 5 nitrogen and oxygen atoms in total. The highest BCUT2D eigenvalue weighted by molar-refractivity contribution is 9.10. The van der Waals surface area contributed by atoms with Crippen LogP contribution in [0.5, 0.6) is 0 Å². The van der Waals surface area contributed by atoms with E-state index in [1.807, 2.05) is 39.8 Å². The Hall–Kier alpha value is -2.64. The normalized spacial score (nSPS) is 12.3. The molecule has 0 spiro atoms. The molecular weight excluding hydrogens is 488 g/mol. The Balaban J connectivity index is 1.89. The largest absolute Gasteiger partial charge is 0.348 e. The number of amides is 1. The van der Waals surface area contributed by atoms with Crippen molar-refractivity contribution in [2.45, 2.75) is 38.6 Å². The van der Waals surface area contributed by atoms with Gasteiger partial charge in [0.25, 0.3) is 10.0 Å². The smallest absolute Gasteiger partial charge is 0.264 e. The number of carbonyl (C=O) groups is 1. The highest BCUT2D eigenvalue weighted by atomic mass is 79.9. The molecule has 3 aromatic carbocycles. The van der Waals surface area contributed by atoms with E-state index in [9.17, 15) is 13.2 Å². The summed E-state index contributed by atoms with van der Waals surface area (Å²) in [6.07, 6.45) is 0. The van der Waals surface area contributed by atoms with Gasteiger partial charge >= 0.3 is 0 Å². The minimum absolute atomic E-state index is 0.140. The second-order valence-corrected chi connectivity index (χ2v) is 10.7. The molecule has 0 bridgehead atoms. The van der Waals surface area contributed by atoms with Crippen LogP contribution in [0.2, 0.25) is 0 Å². The number of sulfonamides is 1. The van der Waals surface area contributed by atoms with E-state index in [0.29, 0.717) is 5.69 Å². The first-order valence-electron chi connectivity index (χ1n) is 10.3. The first-order valence-corrected chi connectivity index (χ1v) is 12.5. The average Bonchev–Trinajstić information content (AvgIpc) is 2.73. The van der Waals surface area contributed by atoms with E-state index >= 15 is 0 Å². The van der Waals surface area contributed by atoms with Gasteiger partial charge in [-0.15, -0.1) is 0 Å². The maximum atomic E-state index is 13.4. The van der Waals surface area contributed by atoms with Gasteiger partial charge in [0.15, 0.2) is 0 Å². The molecule has 0 aliphatic heterocycles. The van der Waals surface area contributed by atoms with Gasteiger partial charge < -0.3 is 5.32 Å². The molecule has 0 saturated carbocycles. The molecule has 1 N–H and O–H groups in total. The summed E-state index contributed by atoms with van der Waals surface area (Å²) in [5.74, 6) is -0.379. The van der Waals surface area contributed by atoms with Gasteiger partial charge in [0.2, 0.25) is 5.91 Å². The number of hydrogen-bond donors (Lipinski definition) is 1. The molecule has 7 heteroatoms. The van der Waals surface area contributed by atoms with Gasteiger partial charge in [0, 0.05) is 4.47 Å². The molecular formula is C25H27BrN2O3S. The van der Waals surface area contributed by atoms with E-state index in [4.69, 9.17) is 0 Å². The minimum atomic E-state index is -3.94. The highest BCUT2D eigenvalue weighted by Gasteiger charge is 2.27. The topological polar surface area (TPSA) is 66.5 Å². The first kappa shape index (κ1) is 24.0. The lowest BCUT2D eigenvalue weighted by Crippen LogP contribution is -2.41. The maximum absolute atomic E-state index is 13.4. The lowest BCUT2D eigenvalue weighted by Gasteiger charge is -2.25. The molecule has 0 heterocycles. The fourth-order valence-electron chi connectivity index (χ4n) is 3.57. The number of nitrogens with zero attached hydrogens (tertiary/aromatic N) is 1. The van der Waals surface area contributed by atoms with Crippen molar-refractivity contribution in [3.05, 3.63) is 93.5 Å². The zero-order valence-corrected chi connectivity index (χ0v) is 21.0. The van der Waals surface area contributed by atoms with Crippen molar-refractivity contribution in [1.29, 1.82) is 0 Å². The van der Waals surface area contributed by atoms with E-state index in [1.165, 1.54) is 0 Å². The number of benzene rings is 3. The summed E-state index contributed by atoms with van der Waals surface area (Å²) in [4.78, 5) is 13.1. The summed E-state index contributed by atoms with van der Waals surface area (Å²) >= 11 is 3.37. The zero-order valence-electron chi connectivity index (χ0n) is 18.6. The monoisotopic (exact) mass is 514 g/mol. The molecule has 3 rings (SSSR count). The van der Waals surface area contributed by atoms with Gasteiger partial charge in [0.1, 0.15) is 6.54 Å². The maximum Gasteiger partial charge on any atom is 0.264 e. The van der Waals surface area contributed by atoms with Crippen LogP contribution in [0.1, 0.15) is 35.2 Å². The Labute approximate surface area is 198 Å². The predicted molar refractivity (Wildman–Crippen MR) is 132 cm³/mol. The van der Waals surface area contributed by atoms with Crippen molar-refractivity contribution in [3.8, 4) is 0 Å². The number of rotatable bonds is 7. The number of aryl methyl sites for hydroxylation is 3. The summed E-state index contributed by atoms with van der Waals surface area (Å²) in [5, 5.41) is 2.95. The highest BCUT2D eigenvalue weighted by Crippen LogP contribution is 2.26. The second-order valence-electron chi connectivity index (χ2n) is 7.95. The molecule has 1 amide bonds. The van der Waals surface area contributed by atoms with Gasteiger partial charge in [-0.3, -0.25) is 9.10 Å². The molecule has 3 aromatic rings. The van der Waals surface area contributed by atoms with Crippen LogP contribution in [0.25, 0.3) is 0 Å². The Kier molecular flexibility index (Phi) is 7.41. The Morgan fingerprint density at radius 2 is 1.53 bits per heavy atom. The fraction of sp³-hybridized carbons (Fsp3) is 0.240. The lowest BCUT2D eigenvalue weighted by molar-refractivity contribution is -0.120. The molecule has 168 valence electrons. The van der Waals surface area contributed by atoms with Gasteiger partial charge in [-0.2, -0.15) is 0 Å². The van der Waals surface area contributed by atoms with Crippen LogP contribution in [-0.4, -0.2) is 20.9 Å². The van der Waals surface area contributed by atoms with E-state index in [-0.39, 0.29) is 23.4 Å². The van der Waals surface area contributed by atoms with Crippen molar-refractivity contribution < 1.29 is 13.2 Å². The van der Waals surface area contributed by atoms with E-state index in [0.717, 1.165) is 31.0 Å². The molecule has 32 heavy (non-hydrogen) atoms. The summed E-state index contributed by atoms with van der Waals surface area (Å²) in [7, 11) is -3.94. The summed E-state index contributed by atoms with van der Waals surface area (Å²) in [6.45, 7) is 7.49. The third-order valence-electron chi connectivity index (χ3n) is 5.28. The van der Waals surface area contributed by atoms with Gasteiger partial charge in [-0.1, -0.05) is 57.4 Å². The van der Waals surface area contributed by atoms with Crippen molar-refractivity contribution in [2.75, 3.05) is 10.8 Å². The molecule has 0 aliphatic rings. The predicted octanol–water partition coefficient (Wildman–Crippen LogP) is 5.45. The van der Waals surface area contributed by atoms with Crippen LogP contribution in [0.4, 0.5) is 5.69 Å². The fourth-order valence-corrected chi connectivity index (χ4v) is 5.25. The molecule has 0 saturated heterocycles. The molecule has 1 unspecified atom stereocenters. The van der Waals surface area contributed by atoms with E-state index < -0.39 is 10.0 Å². The summed E-state index contributed by atoms with van der Waals surface area (Å²) < 4.78 is 28.9. The number of halogens is 1. The Bertz CT molecular complexity index is 1210. The van der Waals surface area contributed by atoms with Crippen LogP contribution in [0.3, 0.4) is 0 Å². The van der Waals surface area contributed by atoms with Crippen LogP contribution in [0, 0.1) is 20.8 Å². The molecule has 1 atom stereocenters. The average molecular weight is 515 g/mol. The van der Waals surface area contributed by atoms with Crippen LogP contribution >= 0.6 is 15.9 Å². The zero-order chi connectivity index (χ0) is 23.5. The Morgan fingerprint density at radius 3 is 2.12 bits per heavy atom. The van der Waals surface area contributed by atoms with Crippen molar-refractivity contribution in [1.82, 2.24) is 5.32 Å². The quantitative estimate of drug-likeness (QED) is 0.455. The van der Waals surface area contributed by atoms with E-state index in [2.05, 4.69) is 27.3 Å². The summed E-state index contributed by atoms with van der Waals surface area (Å²) in [5.41, 5.74) is 4.60. The molecule has 0 aromatic heterocycles. The number of anilines is 1.